The van der Waals surface area contributed by atoms with E-state index in [1.807, 2.05) is 9.80 Å². The van der Waals surface area contributed by atoms with Crippen LogP contribution >= 0.6 is 0 Å². The van der Waals surface area contributed by atoms with E-state index >= 15 is 0 Å². The Morgan fingerprint density at radius 1 is 1.11 bits per heavy atom. The van der Waals surface area contributed by atoms with Gasteiger partial charge in [-0.05, 0) is 31.4 Å². The van der Waals surface area contributed by atoms with Gasteiger partial charge >= 0.3 is 6.18 Å². The van der Waals surface area contributed by atoms with Crippen molar-refractivity contribution in [2.45, 2.75) is 37.9 Å². The van der Waals surface area contributed by atoms with Crippen molar-refractivity contribution in [3.05, 3.63) is 30.1 Å². The number of para-hydroxylation sites is 1. The van der Waals surface area contributed by atoms with Gasteiger partial charge in [-0.1, -0.05) is 18.6 Å². The molecule has 4 nitrogen and oxygen atoms in total. The van der Waals surface area contributed by atoms with Crippen LogP contribution in [-0.4, -0.2) is 55.7 Å². The lowest BCUT2D eigenvalue weighted by Crippen LogP contribution is -2.51. The van der Waals surface area contributed by atoms with Gasteiger partial charge in [0.15, 0.2) is 0 Å². The molecular weight excluding hydrogens is 362 g/mol. The molecule has 2 aliphatic rings. The zero-order chi connectivity index (χ0) is 19.4. The first-order valence-corrected chi connectivity index (χ1v) is 9.41. The minimum atomic E-state index is -4.19. The predicted molar refractivity (Wildman–Crippen MR) is 95.0 cm³/mol. The molecule has 0 spiro atoms. The number of carbonyl (C=O) groups excluding carboxylic acids is 1. The van der Waals surface area contributed by atoms with Crippen LogP contribution in [0.15, 0.2) is 24.3 Å². The zero-order valence-electron chi connectivity index (χ0n) is 15.1. The summed E-state index contributed by atoms with van der Waals surface area (Å²) in [5.74, 6) is -1.82. The summed E-state index contributed by atoms with van der Waals surface area (Å²) in [6.45, 7) is 2.59. The molecule has 0 aromatic heterocycles. The highest BCUT2D eigenvalue weighted by Crippen LogP contribution is 2.37. The molecule has 1 aromatic rings. The van der Waals surface area contributed by atoms with E-state index in [2.05, 4.69) is 5.32 Å². The number of benzene rings is 1. The van der Waals surface area contributed by atoms with E-state index in [9.17, 15) is 22.4 Å². The lowest BCUT2D eigenvalue weighted by Gasteiger charge is -2.36. The number of rotatable bonds is 4. The monoisotopic (exact) mass is 387 g/mol. The van der Waals surface area contributed by atoms with Crippen LogP contribution in [0.25, 0.3) is 0 Å². The normalized spacial score (nSPS) is 24.7. The zero-order valence-corrected chi connectivity index (χ0v) is 15.1. The van der Waals surface area contributed by atoms with Gasteiger partial charge in [0, 0.05) is 32.2 Å². The number of amides is 1. The lowest BCUT2D eigenvalue weighted by atomic mass is 9.85. The number of carbonyl (C=O) groups is 1. The minimum Gasteiger partial charge on any atom is -0.367 e. The van der Waals surface area contributed by atoms with Crippen LogP contribution in [0.4, 0.5) is 23.2 Å². The highest BCUT2D eigenvalue weighted by molar-refractivity contribution is 5.78. The number of halogens is 4. The van der Waals surface area contributed by atoms with Gasteiger partial charge in [-0.3, -0.25) is 9.69 Å². The fourth-order valence-electron chi connectivity index (χ4n) is 3.95. The Hall–Kier alpha value is -1.83. The van der Waals surface area contributed by atoms with Crippen LogP contribution in [0.1, 0.15) is 25.7 Å². The molecular formula is C19H25F4N3O. The lowest BCUT2D eigenvalue weighted by molar-refractivity contribution is -0.184. The molecule has 3 rings (SSSR count). The van der Waals surface area contributed by atoms with E-state index in [1.54, 1.807) is 18.2 Å². The van der Waals surface area contributed by atoms with Gasteiger partial charge in [0.05, 0.1) is 18.2 Å². The van der Waals surface area contributed by atoms with Crippen LogP contribution in [0.2, 0.25) is 0 Å². The second kappa shape index (κ2) is 8.46. The van der Waals surface area contributed by atoms with E-state index in [4.69, 9.17) is 0 Å². The molecule has 1 amide bonds. The molecule has 0 radical (unpaired) electrons. The number of nitrogens with one attached hydrogen (secondary N) is 1. The first kappa shape index (κ1) is 19.9. The van der Waals surface area contributed by atoms with Crippen molar-refractivity contribution in [3.8, 4) is 0 Å². The second-order valence-electron chi connectivity index (χ2n) is 7.38. The number of alkyl halides is 3. The smallest absolute Gasteiger partial charge is 0.367 e. The molecule has 0 bridgehead atoms. The topological polar surface area (TPSA) is 35.6 Å². The molecule has 2 atom stereocenters. The third kappa shape index (κ3) is 5.34. The van der Waals surface area contributed by atoms with Gasteiger partial charge in [0.25, 0.3) is 0 Å². The number of piperazine rings is 1. The van der Waals surface area contributed by atoms with E-state index in [1.165, 1.54) is 6.07 Å². The number of hydrogen-bond acceptors (Lipinski definition) is 3. The third-order valence-electron chi connectivity index (χ3n) is 5.43. The standard InChI is InChI=1S/C19H25F4N3O/c20-16-6-1-2-7-17(16)26-10-8-25(9-11-26)13-18(27)24-15-5-3-4-14(12-15)19(21,22)23/h1-2,6-7,14-15H,3-5,8-13H2,(H,24,27)/t14-,15-/m1/s1. The summed E-state index contributed by atoms with van der Waals surface area (Å²) >= 11 is 0. The van der Waals surface area contributed by atoms with Crippen LogP contribution in [0, 0.1) is 11.7 Å². The largest absolute Gasteiger partial charge is 0.391 e. The SMILES string of the molecule is O=C(CN1CCN(c2ccccc2F)CC1)N[C@@H]1CCC[C@@H](C(F)(F)F)C1. The molecule has 1 saturated carbocycles. The molecule has 1 heterocycles. The van der Waals surface area contributed by atoms with Crippen molar-refractivity contribution < 1.29 is 22.4 Å². The maximum atomic E-state index is 13.9. The molecule has 1 aliphatic carbocycles. The maximum Gasteiger partial charge on any atom is 0.391 e. The average Bonchev–Trinajstić information content (AvgIpc) is 2.62. The van der Waals surface area contributed by atoms with Gasteiger partial charge in [-0.25, -0.2) is 4.39 Å². The fraction of sp³-hybridized carbons (Fsp3) is 0.632. The Balaban J connectivity index is 1.44. The molecule has 2 fully saturated rings. The fourth-order valence-corrected chi connectivity index (χ4v) is 3.95. The summed E-state index contributed by atoms with van der Waals surface area (Å²) in [5, 5.41) is 2.77. The molecule has 1 saturated heterocycles. The van der Waals surface area contributed by atoms with Gasteiger partial charge in [0.1, 0.15) is 5.82 Å². The Labute approximate surface area is 156 Å². The minimum absolute atomic E-state index is 0.0314. The highest BCUT2D eigenvalue weighted by Gasteiger charge is 2.42. The molecule has 27 heavy (non-hydrogen) atoms. The highest BCUT2D eigenvalue weighted by atomic mass is 19.4. The Morgan fingerprint density at radius 2 is 1.81 bits per heavy atom. The molecule has 1 N–H and O–H groups in total. The van der Waals surface area contributed by atoms with Crippen molar-refractivity contribution >= 4 is 11.6 Å². The third-order valence-corrected chi connectivity index (χ3v) is 5.43. The summed E-state index contributed by atoms with van der Waals surface area (Å²) in [6, 6.07) is 6.19. The van der Waals surface area contributed by atoms with E-state index in [0.717, 1.165) is 0 Å². The molecule has 1 aromatic carbocycles. The van der Waals surface area contributed by atoms with Gasteiger partial charge < -0.3 is 10.2 Å². The van der Waals surface area contributed by atoms with Crippen LogP contribution in [0.3, 0.4) is 0 Å². The van der Waals surface area contributed by atoms with Crippen LogP contribution in [-0.2, 0) is 4.79 Å². The average molecular weight is 387 g/mol. The summed E-state index contributed by atoms with van der Waals surface area (Å²) in [4.78, 5) is 16.1. The van der Waals surface area contributed by atoms with Crippen molar-refractivity contribution in [3.63, 3.8) is 0 Å². The summed E-state index contributed by atoms with van der Waals surface area (Å²) < 4.78 is 52.5. The van der Waals surface area contributed by atoms with E-state index < -0.39 is 18.1 Å². The molecule has 150 valence electrons. The van der Waals surface area contributed by atoms with Crippen LogP contribution in [0.5, 0.6) is 0 Å². The van der Waals surface area contributed by atoms with Gasteiger partial charge in [-0.15, -0.1) is 0 Å². The second-order valence-corrected chi connectivity index (χ2v) is 7.38. The van der Waals surface area contributed by atoms with Crippen LogP contribution < -0.4 is 10.2 Å². The number of nitrogens with zero attached hydrogens (tertiary/aromatic N) is 2. The Kier molecular flexibility index (Phi) is 6.24. The van der Waals surface area contributed by atoms with E-state index in [-0.39, 0.29) is 31.1 Å². The summed E-state index contributed by atoms with van der Waals surface area (Å²) in [7, 11) is 0. The maximum absolute atomic E-state index is 13.9. The number of anilines is 1. The van der Waals surface area contributed by atoms with Gasteiger partial charge in [-0.2, -0.15) is 13.2 Å². The molecule has 0 unspecified atom stereocenters. The Bertz CT molecular complexity index is 644. The molecule has 8 heteroatoms. The van der Waals surface area contributed by atoms with Crippen molar-refractivity contribution in [1.29, 1.82) is 0 Å². The van der Waals surface area contributed by atoms with Gasteiger partial charge in [0.2, 0.25) is 5.91 Å². The Morgan fingerprint density at radius 3 is 2.48 bits per heavy atom. The predicted octanol–water partition coefficient (Wildman–Crippen LogP) is 3.19. The number of hydrogen-bond donors (Lipinski definition) is 1. The summed E-state index contributed by atoms with van der Waals surface area (Å²) in [5.41, 5.74) is 0.557. The van der Waals surface area contributed by atoms with Crippen molar-refractivity contribution in [2.24, 2.45) is 5.92 Å². The quantitative estimate of drug-likeness (QED) is 0.806. The molecule has 1 aliphatic heterocycles. The van der Waals surface area contributed by atoms with E-state index in [0.29, 0.717) is 44.7 Å². The summed E-state index contributed by atoms with van der Waals surface area (Å²) in [6.07, 6.45) is -2.99. The first-order valence-electron chi connectivity index (χ1n) is 9.41. The van der Waals surface area contributed by atoms with Crippen molar-refractivity contribution in [2.75, 3.05) is 37.6 Å². The first-order chi connectivity index (χ1) is 12.8. The van der Waals surface area contributed by atoms with Crippen molar-refractivity contribution in [1.82, 2.24) is 10.2 Å².